The number of aryl methyl sites for hydroxylation is 2. The lowest BCUT2D eigenvalue weighted by molar-refractivity contribution is -0.313. The third kappa shape index (κ3) is 6.59. The molecule has 0 saturated carbocycles. The van der Waals surface area contributed by atoms with E-state index >= 15 is 0 Å². The molecule has 0 spiro atoms. The normalized spacial score (nSPS) is 25.3. The predicted octanol–water partition coefficient (Wildman–Crippen LogP) is 4.83. The molecule has 6 rings (SSSR count). The number of amides is 1. The Morgan fingerprint density at radius 3 is 2.54 bits per heavy atom. The van der Waals surface area contributed by atoms with Gasteiger partial charge in [-0.2, -0.15) is 18.3 Å². The zero-order valence-electron chi connectivity index (χ0n) is 25.5. The van der Waals surface area contributed by atoms with Crippen LogP contribution in [0.5, 0.6) is 0 Å². The van der Waals surface area contributed by atoms with Gasteiger partial charge in [-0.25, -0.2) is 24.9 Å². The molecule has 2 aromatic heterocycles. The number of halogens is 3. The number of nitrogens with zero attached hydrogens (tertiary/aromatic N) is 4. The lowest BCUT2D eigenvalue weighted by atomic mass is 9.91. The average Bonchev–Trinajstić information content (AvgIpc) is 3.55. The molecular weight excluding hydrogens is 629 g/mol. The van der Waals surface area contributed by atoms with Crippen molar-refractivity contribution >= 4 is 27.6 Å². The molecule has 2 aliphatic rings. The highest BCUT2D eigenvalue weighted by atomic mass is 32.1. The van der Waals surface area contributed by atoms with Crippen molar-refractivity contribution in [1.82, 2.24) is 30.6 Å². The summed E-state index contributed by atoms with van der Waals surface area (Å²) in [6.07, 6.45) is -10.6. The SMILES string of the molecule is Cc1nc([C@@H]2O[C@@H]3COC(c4ccccc4)O[C@@H]3[C@H](NNC(=O)OC(C)(C)C)[C@H]2O)n(-c2cc(C(F)(F)F)c3nc(C)sc3c2)n1. The second-order valence-corrected chi connectivity index (χ2v) is 13.3. The predicted molar refractivity (Wildman–Crippen MR) is 159 cm³/mol. The highest BCUT2D eigenvalue weighted by Crippen LogP contribution is 2.41. The van der Waals surface area contributed by atoms with Gasteiger partial charge in [0.15, 0.2) is 12.1 Å². The van der Waals surface area contributed by atoms with E-state index in [0.29, 0.717) is 9.71 Å². The Morgan fingerprint density at radius 2 is 1.85 bits per heavy atom. The first-order valence-corrected chi connectivity index (χ1v) is 15.3. The van der Waals surface area contributed by atoms with Crippen molar-refractivity contribution in [2.75, 3.05) is 6.61 Å². The lowest BCUT2D eigenvalue weighted by Gasteiger charge is -2.48. The maximum absolute atomic E-state index is 14.2. The Bertz CT molecular complexity index is 1730. The van der Waals surface area contributed by atoms with Crippen LogP contribution in [0.15, 0.2) is 42.5 Å². The number of aliphatic hydroxyl groups excluding tert-OH is 1. The Hall–Kier alpha value is -3.67. The molecule has 3 N–H and O–H groups in total. The van der Waals surface area contributed by atoms with E-state index in [4.69, 9.17) is 18.9 Å². The minimum atomic E-state index is -4.69. The van der Waals surface area contributed by atoms with E-state index in [1.807, 2.05) is 30.3 Å². The van der Waals surface area contributed by atoms with Gasteiger partial charge in [-0.05, 0) is 46.8 Å². The highest BCUT2D eigenvalue weighted by Gasteiger charge is 2.51. The van der Waals surface area contributed by atoms with Crippen molar-refractivity contribution in [2.45, 2.75) is 83.1 Å². The van der Waals surface area contributed by atoms with Crippen LogP contribution >= 0.6 is 11.3 Å². The maximum Gasteiger partial charge on any atom is 0.422 e. The van der Waals surface area contributed by atoms with Crippen molar-refractivity contribution in [1.29, 1.82) is 0 Å². The molecule has 1 unspecified atom stereocenters. The van der Waals surface area contributed by atoms with Crippen molar-refractivity contribution < 1.29 is 42.0 Å². The molecule has 16 heteroatoms. The number of aliphatic hydroxyl groups is 1. The Kier molecular flexibility index (Phi) is 8.54. The van der Waals surface area contributed by atoms with Gasteiger partial charge in [-0.3, -0.25) is 5.43 Å². The highest BCUT2D eigenvalue weighted by molar-refractivity contribution is 7.18. The van der Waals surface area contributed by atoms with Gasteiger partial charge in [0.05, 0.1) is 39.1 Å². The molecule has 4 heterocycles. The van der Waals surface area contributed by atoms with Crippen LogP contribution in [0.1, 0.15) is 60.9 Å². The number of nitrogens with one attached hydrogen (secondary N) is 2. The summed E-state index contributed by atoms with van der Waals surface area (Å²) in [5, 5.41) is 16.6. The van der Waals surface area contributed by atoms with Gasteiger partial charge in [0.2, 0.25) is 0 Å². The molecule has 4 aromatic rings. The number of thiazole rings is 1. The Morgan fingerprint density at radius 1 is 1.11 bits per heavy atom. The zero-order valence-corrected chi connectivity index (χ0v) is 26.3. The first-order valence-electron chi connectivity index (χ1n) is 14.5. The topological polar surface area (TPSA) is 142 Å². The van der Waals surface area contributed by atoms with E-state index in [-0.39, 0.29) is 29.5 Å². The number of benzene rings is 2. The summed E-state index contributed by atoms with van der Waals surface area (Å²) in [6.45, 7) is 8.37. The van der Waals surface area contributed by atoms with Crippen LogP contribution in [-0.4, -0.2) is 67.5 Å². The summed E-state index contributed by atoms with van der Waals surface area (Å²) < 4.78 is 67.9. The van der Waals surface area contributed by atoms with Crippen molar-refractivity contribution in [3.63, 3.8) is 0 Å². The summed E-state index contributed by atoms with van der Waals surface area (Å²) in [6, 6.07) is 10.7. The number of hydrazine groups is 1. The number of carbonyl (C=O) groups is 1. The lowest BCUT2D eigenvalue weighted by Crippen LogP contribution is -2.66. The van der Waals surface area contributed by atoms with Gasteiger partial charge in [-0.1, -0.05) is 30.3 Å². The van der Waals surface area contributed by atoms with E-state index in [9.17, 15) is 23.1 Å². The number of fused-ring (bicyclic) bond motifs is 2. The van der Waals surface area contributed by atoms with E-state index in [1.165, 1.54) is 4.68 Å². The third-order valence-electron chi connectivity index (χ3n) is 7.35. The van der Waals surface area contributed by atoms with E-state index in [0.717, 1.165) is 23.0 Å². The Balaban J connectivity index is 1.36. The van der Waals surface area contributed by atoms with Crippen LogP contribution < -0.4 is 10.9 Å². The number of rotatable bonds is 5. The summed E-state index contributed by atoms with van der Waals surface area (Å²) in [5.41, 5.74) is 4.25. The number of hydrogen-bond donors (Lipinski definition) is 3. The van der Waals surface area contributed by atoms with Crippen LogP contribution in [0.25, 0.3) is 15.9 Å². The van der Waals surface area contributed by atoms with Crippen molar-refractivity contribution in [2.24, 2.45) is 0 Å². The quantitative estimate of drug-likeness (QED) is 0.255. The van der Waals surface area contributed by atoms with Crippen LogP contribution in [-0.2, 0) is 25.1 Å². The molecule has 2 saturated heterocycles. The minimum Gasteiger partial charge on any atom is -0.443 e. The van der Waals surface area contributed by atoms with Crippen LogP contribution in [0.3, 0.4) is 0 Å². The van der Waals surface area contributed by atoms with Gasteiger partial charge in [0.25, 0.3) is 0 Å². The zero-order chi connectivity index (χ0) is 33.0. The van der Waals surface area contributed by atoms with E-state index < -0.39 is 60.2 Å². The molecule has 12 nitrogen and oxygen atoms in total. The standard InChI is InChI=1S/C30H33F3N6O6S/c1-14-34-26(39(38-14)17-11-18(30(31,32)33)21-20(12-17)46-15(2)35-21)25-23(40)22(36-37-28(41)45-29(3,4)5)24-19(43-25)13-42-27(44-24)16-9-7-6-8-10-16/h6-12,19,22-25,27,36,40H,13H2,1-5H3,(H,37,41)/t19-,22-,23-,24+,25-,27?/m1/s1. The molecule has 0 radical (unpaired) electrons. The van der Waals surface area contributed by atoms with E-state index in [2.05, 4.69) is 25.9 Å². The van der Waals surface area contributed by atoms with Gasteiger partial charge in [0, 0.05) is 5.56 Å². The van der Waals surface area contributed by atoms with E-state index in [1.54, 1.807) is 40.7 Å². The van der Waals surface area contributed by atoms with Crippen molar-refractivity contribution in [3.05, 3.63) is 70.2 Å². The fraction of sp³-hybridized carbons (Fsp3) is 0.467. The first-order chi connectivity index (χ1) is 21.7. The largest absolute Gasteiger partial charge is 0.443 e. The second kappa shape index (κ2) is 12.2. The number of carbonyl (C=O) groups excluding carboxylic acids is 1. The first kappa shape index (κ1) is 32.3. The average molecular weight is 663 g/mol. The third-order valence-corrected chi connectivity index (χ3v) is 8.27. The van der Waals surface area contributed by atoms with Gasteiger partial charge < -0.3 is 24.1 Å². The van der Waals surface area contributed by atoms with Gasteiger partial charge in [-0.15, -0.1) is 11.3 Å². The molecule has 46 heavy (non-hydrogen) atoms. The molecule has 0 bridgehead atoms. The smallest absolute Gasteiger partial charge is 0.422 e. The maximum atomic E-state index is 14.2. The summed E-state index contributed by atoms with van der Waals surface area (Å²) in [4.78, 5) is 21.1. The second-order valence-electron chi connectivity index (χ2n) is 12.1. The monoisotopic (exact) mass is 662 g/mol. The number of hydrogen-bond acceptors (Lipinski definition) is 11. The number of aromatic nitrogens is 4. The molecule has 0 aliphatic carbocycles. The summed E-state index contributed by atoms with van der Waals surface area (Å²) in [5.74, 6) is 0.283. The van der Waals surface area contributed by atoms with Crippen molar-refractivity contribution in [3.8, 4) is 5.69 Å². The number of alkyl halides is 3. The van der Waals surface area contributed by atoms with Crippen LogP contribution in [0.2, 0.25) is 0 Å². The van der Waals surface area contributed by atoms with Crippen LogP contribution in [0.4, 0.5) is 18.0 Å². The molecule has 2 aliphatic heterocycles. The summed E-state index contributed by atoms with van der Waals surface area (Å²) in [7, 11) is 0. The van der Waals surface area contributed by atoms with Crippen LogP contribution in [0, 0.1) is 13.8 Å². The van der Waals surface area contributed by atoms with Gasteiger partial charge >= 0.3 is 12.3 Å². The Labute approximate surface area is 265 Å². The fourth-order valence-electron chi connectivity index (χ4n) is 5.51. The summed E-state index contributed by atoms with van der Waals surface area (Å²) >= 11 is 1.12. The minimum absolute atomic E-state index is 0.0372. The molecule has 2 aromatic carbocycles. The molecular formula is C30H33F3N6O6S. The molecule has 2 fully saturated rings. The fourth-order valence-corrected chi connectivity index (χ4v) is 6.40. The molecule has 6 atom stereocenters. The molecule has 1 amide bonds. The number of ether oxygens (including phenoxy) is 4. The van der Waals surface area contributed by atoms with Gasteiger partial charge in [0.1, 0.15) is 35.8 Å². The molecule has 246 valence electrons.